The Kier molecular flexibility index (Phi) is 6.76. The van der Waals surface area contributed by atoms with Gasteiger partial charge in [-0.25, -0.2) is 4.98 Å². The Morgan fingerprint density at radius 2 is 1.63 bits per heavy atom. The van der Waals surface area contributed by atoms with Crippen LogP contribution in [0.4, 0.5) is 51.1 Å². The summed E-state index contributed by atoms with van der Waals surface area (Å²) in [6.07, 6.45) is -13.5. The fourth-order valence-electron chi connectivity index (χ4n) is 3.06. The molecule has 1 N–H and O–H groups in total. The average Bonchev–Trinajstić information content (AvgIpc) is 3.51. The second-order valence-electron chi connectivity index (χ2n) is 7.34. The first-order valence-electron chi connectivity index (χ1n) is 9.84. The Hall–Kier alpha value is -3.87. The first-order chi connectivity index (χ1) is 17.6. The van der Waals surface area contributed by atoms with Crippen molar-refractivity contribution in [3.63, 3.8) is 0 Å². The van der Waals surface area contributed by atoms with Gasteiger partial charge in [-0.15, -0.1) is 16.4 Å². The highest BCUT2D eigenvalue weighted by atomic mass is 32.1. The monoisotopic (exact) mass is 571 g/mol. The lowest BCUT2D eigenvalue weighted by Crippen LogP contribution is -2.54. The maximum absolute atomic E-state index is 13.4. The smallest absolute Gasteiger partial charge is 0.369 e. The zero-order valence-electron chi connectivity index (χ0n) is 18.0. The van der Waals surface area contributed by atoms with Crippen molar-refractivity contribution in [2.45, 2.75) is 30.7 Å². The topological polar surface area (TPSA) is 114 Å². The number of nitrogens with zero attached hydrogens (tertiary/aromatic N) is 7. The summed E-state index contributed by atoms with van der Waals surface area (Å²) in [6.45, 7) is -0.318. The van der Waals surface area contributed by atoms with E-state index in [-0.39, 0.29) is 23.4 Å². The van der Waals surface area contributed by atoms with E-state index < -0.39 is 47.2 Å². The number of hydrogen-bond acceptors (Lipinski definition) is 10. The summed E-state index contributed by atoms with van der Waals surface area (Å²) >= 11 is 0.846. The van der Waals surface area contributed by atoms with Gasteiger partial charge in [-0.1, -0.05) is 5.16 Å². The molecular formula is C19H10F9N7O2S. The minimum Gasteiger partial charge on any atom is -0.369 e. The van der Waals surface area contributed by atoms with Crippen LogP contribution in [-0.4, -0.2) is 47.8 Å². The minimum absolute atomic E-state index is 0.0876. The molecule has 0 bridgehead atoms. The van der Waals surface area contributed by atoms with Crippen molar-refractivity contribution in [3.8, 4) is 10.7 Å². The number of thiophene rings is 1. The SMILES string of the molecule is OC(c1cnnc(N(Cc2ccc(-c3noc(C(F)(F)F)n3)s2)c2cnccn2)c1)(C(F)(F)F)C(F)(F)F. The summed E-state index contributed by atoms with van der Waals surface area (Å²) in [5, 5.41) is 19.8. The molecule has 202 valence electrons. The van der Waals surface area contributed by atoms with Crippen LogP contribution in [0, 0.1) is 0 Å². The number of halogens is 9. The third kappa shape index (κ3) is 5.10. The van der Waals surface area contributed by atoms with Gasteiger partial charge >= 0.3 is 24.4 Å². The highest BCUT2D eigenvalue weighted by Gasteiger charge is 2.71. The lowest BCUT2D eigenvalue weighted by Gasteiger charge is -2.32. The molecule has 0 aromatic carbocycles. The molecule has 0 saturated heterocycles. The fraction of sp³-hybridized carbons (Fsp3) is 0.263. The van der Waals surface area contributed by atoms with Gasteiger partial charge in [0.1, 0.15) is 0 Å². The molecule has 4 aromatic heterocycles. The van der Waals surface area contributed by atoms with Crippen molar-refractivity contribution >= 4 is 23.0 Å². The van der Waals surface area contributed by atoms with Gasteiger partial charge in [-0.3, -0.25) is 4.98 Å². The van der Waals surface area contributed by atoms with Crippen molar-refractivity contribution < 1.29 is 49.1 Å². The molecule has 0 aliphatic heterocycles. The van der Waals surface area contributed by atoms with E-state index in [2.05, 4.69) is 34.8 Å². The van der Waals surface area contributed by atoms with Crippen LogP contribution >= 0.6 is 11.3 Å². The van der Waals surface area contributed by atoms with Gasteiger partial charge in [0.25, 0.3) is 5.60 Å². The standard InChI is InChI=1S/C19H10F9N7O2S/c20-17(21,22)15-32-14(34-37-15)11-2-1-10(38-11)8-35(13-7-29-3-4-30-13)12-5-9(6-31-33-12)16(36,18(23,24)25)19(26,27)28/h1-7,36H,8H2. The quantitative estimate of drug-likeness (QED) is 0.318. The number of aromatic nitrogens is 6. The molecule has 38 heavy (non-hydrogen) atoms. The molecule has 0 fully saturated rings. The Morgan fingerprint density at radius 1 is 0.921 bits per heavy atom. The van der Waals surface area contributed by atoms with Crippen molar-refractivity contribution in [2.24, 2.45) is 0 Å². The van der Waals surface area contributed by atoms with E-state index in [1.54, 1.807) is 0 Å². The van der Waals surface area contributed by atoms with E-state index in [0.717, 1.165) is 22.4 Å². The second kappa shape index (κ2) is 9.46. The molecule has 0 radical (unpaired) electrons. The number of anilines is 2. The Morgan fingerprint density at radius 3 is 2.21 bits per heavy atom. The summed E-state index contributed by atoms with van der Waals surface area (Å²) in [6, 6.07) is 3.06. The molecule has 0 amide bonds. The van der Waals surface area contributed by atoms with Crippen LogP contribution in [0.1, 0.15) is 16.3 Å². The normalized spacial score (nSPS) is 13.1. The summed E-state index contributed by atoms with van der Waals surface area (Å²) < 4.78 is 123. The second-order valence-corrected chi connectivity index (χ2v) is 8.51. The van der Waals surface area contributed by atoms with E-state index in [9.17, 15) is 44.6 Å². The molecule has 4 heterocycles. The zero-order chi connectivity index (χ0) is 27.9. The van der Waals surface area contributed by atoms with Crippen LogP contribution in [0.25, 0.3) is 10.7 Å². The summed E-state index contributed by atoms with van der Waals surface area (Å²) in [5.74, 6) is -2.65. The van der Waals surface area contributed by atoms with Gasteiger partial charge in [-0.05, 0) is 18.2 Å². The van der Waals surface area contributed by atoms with Gasteiger partial charge < -0.3 is 14.5 Å². The predicted molar refractivity (Wildman–Crippen MR) is 109 cm³/mol. The number of aliphatic hydroxyl groups is 1. The fourth-order valence-corrected chi connectivity index (χ4v) is 3.98. The van der Waals surface area contributed by atoms with Crippen molar-refractivity contribution in [3.05, 3.63) is 59.3 Å². The van der Waals surface area contributed by atoms with Crippen LogP contribution in [0.15, 0.2) is 47.5 Å². The van der Waals surface area contributed by atoms with Gasteiger partial charge in [0, 0.05) is 22.8 Å². The molecule has 0 unspecified atom stereocenters. The number of hydrogen-bond donors (Lipinski definition) is 1. The lowest BCUT2D eigenvalue weighted by atomic mass is 9.94. The Bertz CT molecular complexity index is 1390. The molecule has 0 aliphatic carbocycles. The van der Waals surface area contributed by atoms with E-state index in [1.165, 1.54) is 24.5 Å². The van der Waals surface area contributed by atoms with Crippen LogP contribution in [0.3, 0.4) is 0 Å². The van der Waals surface area contributed by atoms with Crippen molar-refractivity contribution in [2.75, 3.05) is 4.90 Å². The van der Waals surface area contributed by atoms with Gasteiger partial charge in [-0.2, -0.15) is 49.6 Å². The Balaban J connectivity index is 1.73. The molecule has 4 aromatic rings. The number of rotatable bonds is 6. The zero-order valence-corrected chi connectivity index (χ0v) is 18.9. The van der Waals surface area contributed by atoms with E-state index in [1.807, 2.05) is 0 Å². The first-order valence-corrected chi connectivity index (χ1v) is 10.7. The van der Waals surface area contributed by atoms with Crippen molar-refractivity contribution in [1.29, 1.82) is 0 Å². The molecule has 0 spiro atoms. The predicted octanol–water partition coefficient (Wildman–Crippen LogP) is 5.05. The third-order valence-electron chi connectivity index (χ3n) is 4.85. The van der Waals surface area contributed by atoms with Crippen LogP contribution < -0.4 is 4.90 Å². The maximum atomic E-state index is 13.4. The Labute approximate surface area is 208 Å². The van der Waals surface area contributed by atoms with E-state index >= 15 is 0 Å². The summed E-state index contributed by atoms with van der Waals surface area (Å²) in [5.41, 5.74) is -6.92. The number of alkyl halides is 9. The van der Waals surface area contributed by atoms with Crippen molar-refractivity contribution in [1.82, 2.24) is 30.3 Å². The molecular weight excluding hydrogens is 561 g/mol. The highest BCUT2D eigenvalue weighted by molar-refractivity contribution is 7.15. The first kappa shape index (κ1) is 27.2. The minimum atomic E-state index is -6.16. The third-order valence-corrected chi connectivity index (χ3v) is 5.91. The highest BCUT2D eigenvalue weighted by Crippen LogP contribution is 2.50. The molecule has 4 rings (SSSR count). The van der Waals surface area contributed by atoms with E-state index in [0.29, 0.717) is 10.9 Å². The molecule has 0 atom stereocenters. The molecule has 19 heteroatoms. The average molecular weight is 571 g/mol. The molecule has 9 nitrogen and oxygen atoms in total. The van der Waals surface area contributed by atoms with Crippen LogP contribution in [0.2, 0.25) is 0 Å². The van der Waals surface area contributed by atoms with Crippen LogP contribution in [0.5, 0.6) is 0 Å². The molecule has 0 saturated carbocycles. The largest absolute Gasteiger partial charge is 0.471 e. The summed E-state index contributed by atoms with van der Waals surface area (Å²) in [7, 11) is 0. The molecule has 0 aliphatic rings. The van der Waals surface area contributed by atoms with Gasteiger partial charge in [0.15, 0.2) is 11.6 Å². The van der Waals surface area contributed by atoms with E-state index in [4.69, 9.17) is 0 Å². The van der Waals surface area contributed by atoms with Crippen LogP contribution in [-0.2, 0) is 18.3 Å². The van der Waals surface area contributed by atoms with Gasteiger partial charge in [0.2, 0.25) is 5.82 Å². The lowest BCUT2D eigenvalue weighted by molar-refractivity contribution is -0.376. The maximum Gasteiger partial charge on any atom is 0.471 e. The van der Waals surface area contributed by atoms with Gasteiger partial charge in [0.05, 0.1) is 23.8 Å². The summed E-state index contributed by atoms with van der Waals surface area (Å²) in [4.78, 5) is 12.5.